The van der Waals surface area contributed by atoms with Crippen molar-refractivity contribution in [3.8, 4) is 11.1 Å². The van der Waals surface area contributed by atoms with Gasteiger partial charge in [-0.05, 0) is 0 Å². The van der Waals surface area contributed by atoms with E-state index in [0.717, 1.165) is 10.5 Å². The summed E-state index contributed by atoms with van der Waals surface area (Å²) < 4.78 is 11.7. The van der Waals surface area contributed by atoms with Crippen LogP contribution in [0.3, 0.4) is 0 Å². The minimum absolute atomic E-state index is 0. The van der Waals surface area contributed by atoms with E-state index in [1.54, 1.807) is 12.1 Å². The van der Waals surface area contributed by atoms with Gasteiger partial charge in [0.05, 0.1) is 0 Å². The van der Waals surface area contributed by atoms with Crippen molar-refractivity contribution in [2.24, 2.45) is 16.7 Å². The van der Waals surface area contributed by atoms with E-state index in [2.05, 4.69) is 163 Å². The first-order valence-corrected chi connectivity index (χ1v) is 25.6. The van der Waals surface area contributed by atoms with Gasteiger partial charge in [0.25, 0.3) is 0 Å². The van der Waals surface area contributed by atoms with E-state index in [1.165, 1.54) is 58.9 Å². The quantitative estimate of drug-likeness (QED) is 0.193. The average Bonchev–Trinajstić information content (AvgIpc) is 3.68. The predicted octanol–water partition coefficient (Wildman–Crippen LogP) is 13.2. The van der Waals surface area contributed by atoms with E-state index in [0.29, 0.717) is 5.92 Å². The third-order valence-corrected chi connectivity index (χ3v) is 31.1. The predicted molar refractivity (Wildman–Crippen MR) is 224 cm³/mol. The van der Waals surface area contributed by atoms with Crippen molar-refractivity contribution in [3.63, 3.8) is 0 Å². The standard InChI is InChI=1S/C31H37.C7H9.C6H5.C2H5.CH2.2ClH.Zr/c1-28(2,3)26-16-30(7,8)24-12-18-11-19-13-25-23(15-21(19)20(18)14-22(24)26)27(29(4,5)6)17-31(25,9)10;1-6-3-4-7(2)5-6;1-2-4-6-5-3-1;1-2;;;;/h12-16H,11H2,1-10H3;3,5,7H,1-2H3;1-5H;1H2,2H3;1H2;2*1H;. The molecule has 0 radical (unpaired) electrons. The van der Waals surface area contributed by atoms with Crippen molar-refractivity contribution in [1.82, 2.24) is 0 Å². The van der Waals surface area contributed by atoms with Crippen LogP contribution in [0.25, 0.3) is 22.3 Å². The summed E-state index contributed by atoms with van der Waals surface area (Å²) in [7, 11) is 0. The number of benzene rings is 3. The Kier molecular flexibility index (Phi) is 9.39. The van der Waals surface area contributed by atoms with Crippen LogP contribution in [0.1, 0.15) is 123 Å². The number of fused-ring (bicyclic) bond motifs is 5. The van der Waals surface area contributed by atoms with Gasteiger partial charge >= 0.3 is 295 Å². The summed E-state index contributed by atoms with van der Waals surface area (Å²) in [6, 6.07) is 22.0. The second kappa shape index (κ2) is 12.0. The maximum absolute atomic E-state index is 5.72. The van der Waals surface area contributed by atoms with Crippen LogP contribution in [0.2, 0.25) is 4.13 Å². The molecule has 1 atom stereocenters. The molecule has 0 fully saturated rings. The van der Waals surface area contributed by atoms with Crippen molar-refractivity contribution in [2.45, 2.75) is 111 Å². The fraction of sp³-hybridized carbons (Fsp3) is 0.426. The molecular weight excluding hydrogens is 727 g/mol. The van der Waals surface area contributed by atoms with Gasteiger partial charge in [0, 0.05) is 0 Å². The second-order valence-corrected chi connectivity index (χ2v) is 33.2. The summed E-state index contributed by atoms with van der Waals surface area (Å²) in [5.74, 6) is 0.398. The van der Waals surface area contributed by atoms with Gasteiger partial charge in [-0.1, -0.05) is 0 Å². The van der Waals surface area contributed by atoms with Gasteiger partial charge in [-0.25, -0.2) is 0 Å². The zero-order chi connectivity index (χ0) is 35.0. The molecule has 0 amide bonds. The molecule has 0 bridgehead atoms. The first-order valence-electron chi connectivity index (χ1n) is 18.5. The molecule has 0 aromatic heterocycles. The monoisotopic (exact) mass is 784 g/mol. The van der Waals surface area contributed by atoms with Crippen molar-refractivity contribution < 1.29 is 18.3 Å². The maximum atomic E-state index is 5.72. The molecule has 4 aliphatic rings. The van der Waals surface area contributed by atoms with E-state index in [1.807, 2.05) is 0 Å². The zero-order valence-corrected chi connectivity index (χ0v) is 37.0. The summed E-state index contributed by atoms with van der Waals surface area (Å²) in [4.78, 5) is 0. The fourth-order valence-electron chi connectivity index (χ4n) is 10.8. The van der Waals surface area contributed by atoms with E-state index >= 15 is 0 Å². The van der Waals surface area contributed by atoms with Gasteiger partial charge in [0.1, 0.15) is 0 Å². The Morgan fingerprint density at radius 2 is 1.34 bits per heavy atom. The zero-order valence-electron chi connectivity index (χ0n) is 32.9. The normalized spacial score (nSPS) is 20.2. The molecule has 0 saturated carbocycles. The Balaban J connectivity index is 0.00000243. The Morgan fingerprint density at radius 1 is 0.780 bits per heavy atom. The molecule has 0 saturated heterocycles. The van der Waals surface area contributed by atoms with Gasteiger partial charge in [0.2, 0.25) is 0 Å². The summed E-state index contributed by atoms with van der Waals surface area (Å²) in [6.45, 7) is 31.5. The van der Waals surface area contributed by atoms with Gasteiger partial charge in [-0.15, -0.1) is 24.8 Å². The molecule has 0 spiro atoms. The van der Waals surface area contributed by atoms with Crippen LogP contribution < -0.4 is 3.27 Å². The molecule has 1 unspecified atom stereocenters. The van der Waals surface area contributed by atoms with Crippen LogP contribution in [0, 0.1) is 16.7 Å². The van der Waals surface area contributed by atoms with E-state index in [9.17, 15) is 0 Å². The molecule has 3 aromatic carbocycles. The summed E-state index contributed by atoms with van der Waals surface area (Å²) in [5.41, 5.74) is 16.3. The van der Waals surface area contributed by atoms with Crippen LogP contribution in [0.5, 0.6) is 0 Å². The van der Waals surface area contributed by atoms with Crippen molar-refractivity contribution in [2.75, 3.05) is 0 Å². The van der Waals surface area contributed by atoms with E-state index < -0.39 is 18.3 Å². The average molecular weight is 787 g/mol. The number of halogens is 2. The van der Waals surface area contributed by atoms with E-state index in [4.69, 9.17) is 4.21 Å². The molecule has 0 aliphatic heterocycles. The SMILES string of the molecule is Cl.Cl.[CH2]=[Zr]([CH2]C)([C]1=CC(C)=CC1C)([C]1=C(C(C)(C)C)c2cc3c(cc2C1(C)C)Cc1cc2c(cc1-3)C(C(C)(C)C)=CC2(C)C)[c]1ccccc1. The second-order valence-electron chi connectivity index (χ2n) is 19.1. The Morgan fingerprint density at radius 3 is 1.84 bits per heavy atom. The topological polar surface area (TPSA) is 0 Å². The Bertz CT molecular complexity index is 2120. The van der Waals surface area contributed by atoms with Crippen LogP contribution in [0.4, 0.5) is 0 Å². The molecule has 3 heteroatoms. The van der Waals surface area contributed by atoms with Gasteiger partial charge < -0.3 is 0 Å². The Hall–Kier alpha value is -2.05. The van der Waals surface area contributed by atoms with Crippen LogP contribution in [0.15, 0.2) is 85.0 Å². The molecule has 7 rings (SSSR count). The molecular formula is C47H60Cl2Zr. The van der Waals surface area contributed by atoms with Gasteiger partial charge in [-0.3, -0.25) is 0 Å². The third kappa shape index (κ3) is 5.25. The number of hydrogen-bond acceptors (Lipinski definition) is 0. The molecule has 0 N–H and O–H groups in total. The molecule has 0 heterocycles. The van der Waals surface area contributed by atoms with Crippen LogP contribution >= 0.6 is 24.8 Å². The van der Waals surface area contributed by atoms with Gasteiger partial charge in [-0.2, -0.15) is 0 Å². The van der Waals surface area contributed by atoms with E-state index in [-0.39, 0.29) is 46.5 Å². The number of allylic oxidation sites excluding steroid dienone is 8. The van der Waals surface area contributed by atoms with Crippen LogP contribution in [-0.4, -0.2) is 4.21 Å². The van der Waals surface area contributed by atoms with Crippen molar-refractivity contribution >= 4 is 43.4 Å². The number of hydrogen-bond donors (Lipinski definition) is 0. The minimum atomic E-state index is -4.47. The molecule has 3 aromatic rings. The van der Waals surface area contributed by atoms with Crippen molar-refractivity contribution in [1.29, 1.82) is 0 Å². The summed E-state index contributed by atoms with van der Waals surface area (Å²) in [6.07, 6.45) is 8.60. The van der Waals surface area contributed by atoms with Crippen molar-refractivity contribution in [3.05, 3.63) is 118 Å². The molecule has 266 valence electrons. The molecule has 0 nitrogen and oxygen atoms in total. The fourth-order valence-corrected chi connectivity index (χ4v) is 29.5. The summed E-state index contributed by atoms with van der Waals surface area (Å²) in [5, 5.41) is 0. The summed E-state index contributed by atoms with van der Waals surface area (Å²) >= 11 is -4.47. The first-order chi connectivity index (χ1) is 22.1. The molecule has 4 aliphatic carbocycles. The first kappa shape index (κ1) is 39.2. The number of rotatable bonds is 4. The van der Waals surface area contributed by atoms with Crippen LogP contribution in [-0.2, 0) is 35.5 Å². The van der Waals surface area contributed by atoms with Gasteiger partial charge in [0.15, 0.2) is 0 Å². The Labute approximate surface area is 317 Å². The molecule has 50 heavy (non-hydrogen) atoms. The third-order valence-electron chi connectivity index (χ3n) is 13.0.